The van der Waals surface area contributed by atoms with Crippen LogP contribution in [0.1, 0.15) is 11.1 Å². The van der Waals surface area contributed by atoms with Gasteiger partial charge in [0.25, 0.3) is 5.91 Å². The normalized spacial score (nSPS) is 11.2. The summed E-state index contributed by atoms with van der Waals surface area (Å²) in [6.07, 6.45) is 1.43. The number of carbonyl (C=O) groups excluding carboxylic acids is 1. The van der Waals surface area contributed by atoms with Crippen LogP contribution in [0.25, 0.3) is 11.0 Å². The Bertz CT molecular complexity index is 1260. The molecule has 31 heavy (non-hydrogen) atoms. The molecule has 4 aromatic rings. The Balaban J connectivity index is 1.41. The third-order valence-corrected chi connectivity index (χ3v) is 4.60. The van der Waals surface area contributed by atoms with E-state index >= 15 is 0 Å². The lowest BCUT2D eigenvalue weighted by molar-refractivity contribution is -0.121. The van der Waals surface area contributed by atoms with Crippen LogP contribution < -0.4 is 10.2 Å². The molecular formula is C22H17ClFN5O2. The number of hydrogen-bond donors (Lipinski definition) is 1. The van der Waals surface area contributed by atoms with Crippen LogP contribution >= 0.6 is 11.6 Å². The first kappa shape index (κ1) is 20.5. The largest absolute Gasteiger partial charge is 0.488 e. The van der Waals surface area contributed by atoms with Gasteiger partial charge in [-0.2, -0.15) is 5.10 Å². The van der Waals surface area contributed by atoms with Gasteiger partial charge in [-0.1, -0.05) is 41.1 Å². The van der Waals surface area contributed by atoms with Crippen LogP contribution in [0.3, 0.4) is 0 Å². The van der Waals surface area contributed by atoms with Gasteiger partial charge in [-0.05, 0) is 48.0 Å². The molecule has 0 aliphatic carbocycles. The third-order valence-electron chi connectivity index (χ3n) is 4.36. The Kier molecular flexibility index (Phi) is 6.18. The van der Waals surface area contributed by atoms with Crippen LogP contribution in [0.5, 0.6) is 5.75 Å². The number of nitrogens with zero attached hydrogens (tertiary/aromatic N) is 4. The highest BCUT2D eigenvalue weighted by Gasteiger charge is 2.08. The van der Waals surface area contributed by atoms with Crippen LogP contribution in [0, 0.1) is 5.82 Å². The molecule has 0 aliphatic heterocycles. The summed E-state index contributed by atoms with van der Waals surface area (Å²) in [5.41, 5.74) is 5.17. The smallest absolute Gasteiger partial charge is 0.261 e. The second-order valence-electron chi connectivity index (χ2n) is 6.63. The van der Waals surface area contributed by atoms with Crippen molar-refractivity contribution >= 4 is 34.8 Å². The molecule has 156 valence electrons. The minimum Gasteiger partial charge on any atom is -0.488 e. The van der Waals surface area contributed by atoms with Crippen LogP contribution in [-0.2, 0) is 17.9 Å². The quantitative estimate of drug-likeness (QED) is 0.350. The number of benzene rings is 3. The molecule has 0 fully saturated rings. The number of hydrogen-bond acceptors (Lipinski definition) is 5. The van der Waals surface area contributed by atoms with E-state index < -0.39 is 0 Å². The van der Waals surface area contributed by atoms with Gasteiger partial charge in [0, 0.05) is 10.6 Å². The molecule has 0 atom stereocenters. The monoisotopic (exact) mass is 437 g/mol. The van der Waals surface area contributed by atoms with E-state index in [1.54, 1.807) is 30.3 Å². The molecule has 4 rings (SSSR count). The summed E-state index contributed by atoms with van der Waals surface area (Å²) in [5.74, 6) is -0.202. The molecule has 7 nitrogen and oxygen atoms in total. The van der Waals surface area contributed by atoms with Crippen LogP contribution in [0.2, 0.25) is 5.02 Å². The van der Waals surface area contributed by atoms with Crippen LogP contribution in [0.4, 0.5) is 4.39 Å². The van der Waals surface area contributed by atoms with Crippen molar-refractivity contribution in [3.63, 3.8) is 0 Å². The Hall–Kier alpha value is -3.78. The van der Waals surface area contributed by atoms with Crippen molar-refractivity contribution in [3.8, 4) is 5.75 Å². The molecule has 9 heteroatoms. The van der Waals surface area contributed by atoms with Gasteiger partial charge in [0.2, 0.25) is 0 Å². The van der Waals surface area contributed by atoms with Crippen molar-refractivity contribution in [3.05, 3.63) is 88.7 Å². The van der Waals surface area contributed by atoms with Gasteiger partial charge in [-0.15, -0.1) is 5.10 Å². The molecule has 0 unspecified atom stereocenters. The molecule has 1 heterocycles. The molecule has 1 N–H and O–H groups in total. The molecule has 3 aromatic carbocycles. The number of nitrogens with one attached hydrogen (secondary N) is 1. The standard InChI is InChI=1S/C22H17ClFN5O2/c23-17-8-9-21(31-14-15-4-3-5-18(24)10-15)16(11-17)12-25-27-22(30)13-29-20-7-2-1-6-19(20)26-28-29/h1-12H,13-14H2,(H,27,30)/b25-12+. The Morgan fingerprint density at radius 3 is 2.90 bits per heavy atom. The fourth-order valence-corrected chi connectivity index (χ4v) is 3.10. The van der Waals surface area contributed by atoms with Crippen molar-refractivity contribution in [2.24, 2.45) is 5.10 Å². The maximum atomic E-state index is 13.3. The predicted molar refractivity (Wildman–Crippen MR) is 115 cm³/mol. The minimum atomic E-state index is -0.365. The molecule has 0 bridgehead atoms. The highest BCUT2D eigenvalue weighted by atomic mass is 35.5. The molecule has 1 amide bonds. The summed E-state index contributed by atoms with van der Waals surface area (Å²) in [6, 6.07) is 18.5. The number of hydrazone groups is 1. The maximum Gasteiger partial charge on any atom is 0.261 e. The molecule has 0 saturated carbocycles. The lowest BCUT2D eigenvalue weighted by Crippen LogP contribution is -2.23. The number of amides is 1. The summed E-state index contributed by atoms with van der Waals surface area (Å²) in [4.78, 5) is 12.2. The van der Waals surface area contributed by atoms with Gasteiger partial charge >= 0.3 is 0 Å². The molecule has 1 aromatic heterocycles. The zero-order valence-corrected chi connectivity index (χ0v) is 17.0. The number of halogens is 2. The van der Waals surface area contributed by atoms with Crippen molar-refractivity contribution in [2.75, 3.05) is 0 Å². The summed E-state index contributed by atoms with van der Waals surface area (Å²) in [6.45, 7) is 0.141. The second kappa shape index (κ2) is 9.36. The molecule has 0 radical (unpaired) electrons. The average Bonchev–Trinajstić information content (AvgIpc) is 3.16. The highest BCUT2D eigenvalue weighted by Crippen LogP contribution is 2.22. The number of fused-ring (bicyclic) bond motifs is 1. The summed E-state index contributed by atoms with van der Waals surface area (Å²) >= 11 is 6.07. The Morgan fingerprint density at radius 1 is 1.16 bits per heavy atom. The van der Waals surface area contributed by atoms with E-state index in [9.17, 15) is 9.18 Å². The van der Waals surface area contributed by atoms with E-state index in [1.165, 1.54) is 23.0 Å². The Labute approximate surface area is 182 Å². The lowest BCUT2D eigenvalue weighted by Gasteiger charge is -2.10. The van der Waals surface area contributed by atoms with Gasteiger partial charge in [0.15, 0.2) is 0 Å². The van der Waals surface area contributed by atoms with E-state index in [2.05, 4.69) is 20.8 Å². The zero-order valence-electron chi connectivity index (χ0n) is 16.2. The summed E-state index contributed by atoms with van der Waals surface area (Å²) in [7, 11) is 0. The molecule has 0 aliphatic rings. The predicted octanol–water partition coefficient (Wildman–Crippen LogP) is 3.95. The van der Waals surface area contributed by atoms with Crippen molar-refractivity contribution in [1.29, 1.82) is 0 Å². The number of ether oxygens (including phenoxy) is 1. The first-order chi connectivity index (χ1) is 15.1. The fraction of sp³-hybridized carbons (Fsp3) is 0.0909. The topological polar surface area (TPSA) is 81.4 Å². The van der Waals surface area contributed by atoms with Gasteiger partial charge in [0.05, 0.1) is 11.7 Å². The van der Waals surface area contributed by atoms with E-state index in [4.69, 9.17) is 16.3 Å². The second-order valence-corrected chi connectivity index (χ2v) is 7.07. The third kappa shape index (κ3) is 5.23. The van der Waals surface area contributed by atoms with Crippen LogP contribution in [0.15, 0.2) is 71.8 Å². The zero-order chi connectivity index (χ0) is 21.6. The van der Waals surface area contributed by atoms with E-state index in [0.29, 0.717) is 27.4 Å². The summed E-state index contributed by atoms with van der Waals surface area (Å²) in [5, 5.41) is 12.5. The highest BCUT2D eigenvalue weighted by molar-refractivity contribution is 6.30. The summed E-state index contributed by atoms with van der Waals surface area (Å²) < 4.78 is 20.6. The van der Waals surface area contributed by atoms with Crippen molar-refractivity contribution in [1.82, 2.24) is 20.4 Å². The van der Waals surface area contributed by atoms with Gasteiger partial charge < -0.3 is 4.74 Å². The van der Waals surface area contributed by atoms with Crippen molar-refractivity contribution in [2.45, 2.75) is 13.2 Å². The molecule has 0 saturated heterocycles. The molecule has 0 spiro atoms. The average molecular weight is 438 g/mol. The number of aromatic nitrogens is 3. The van der Waals surface area contributed by atoms with Gasteiger partial charge in [-0.3, -0.25) is 4.79 Å². The number of para-hydroxylation sites is 1. The first-order valence-electron chi connectivity index (χ1n) is 9.35. The van der Waals surface area contributed by atoms with Crippen LogP contribution in [-0.4, -0.2) is 27.1 Å². The first-order valence-corrected chi connectivity index (χ1v) is 9.73. The van der Waals surface area contributed by atoms with E-state index in [1.807, 2.05) is 24.3 Å². The minimum absolute atomic E-state index is 0.0314. The SMILES string of the molecule is O=C(Cn1nnc2ccccc21)N/N=C/c1cc(Cl)ccc1OCc1cccc(F)c1. The van der Waals surface area contributed by atoms with Gasteiger partial charge in [-0.25, -0.2) is 14.5 Å². The fourth-order valence-electron chi connectivity index (χ4n) is 2.92. The van der Waals surface area contributed by atoms with Gasteiger partial charge in [0.1, 0.15) is 30.2 Å². The maximum absolute atomic E-state index is 13.3. The number of rotatable bonds is 7. The van der Waals surface area contributed by atoms with E-state index in [-0.39, 0.29) is 24.9 Å². The molecular weight excluding hydrogens is 421 g/mol. The number of carbonyl (C=O) groups is 1. The Morgan fingerprint density at radius 2 is 2.03 bits per heavy atom. The van der Waals surface area contributed by atoms with Crippen molar-refractivity contribution < 1.29 is 13.9 Å². The lowest BCUT2D eigenvalue weighted by atomic mass is 10.2. The van der Waals surface area contributed by atoms with E-state index in [0.717, 1.165) is 5.52 Å².